The van der Waals surface area contributed by atoms with Crippen LogP contribution in [-0.4, -0.2) is 89.7 Å². The minimum atomic E-state index is -0.998. The standard InChI is InChI=1S/C27H34N6O7/c1-36-21-10-9-18(14-23(21)37-2)26-29-31-33(30-26)17-24(34)32(16-20-7-4-12-39-20)25(22-8-5-13-40-22)27(35)28-15-19-6-3-11-38-19/h5,8-10,13-14,19-20,25H,3-4,6-7,11-12,15-17H2,1-2H3,(H,28,35)/t19-,20-,25+/m0/s1. The Labute approximate surface area is 231 Å². The van der Waals surface area contributed by atoms with Crippen molar-refractivity contribution in [3.05, 3.63) is 42.4 Å². The molecule has 13 heteroatoms. The number of ether oxygens (including phenoxy) is 4. The van der Waals surface area contributed by atoms with Gasteiger partial charge in [0, 0.05) is 31.9 Å². The molecule has 0 bridgehead atoms. The molecule has 0 spiro atoms. The largest absolute Gasteiger partial charge is 0.493 e. The Balaban J connectivity index is 1.36. The van der Waals surface area contributed by atoms with Crippen LogP contribution in [0, 0.1) is 0 Å². The first-order valence-electron chi connectivity index (χ1n) is 13.4. The summed E-state index contributed by atoms with van der Waals surface area (Å²) in [6, 6.07) is 7.64. The summed E-state index contributed by atoms with van der Waals surface area (Å²) in [4.78, 5) is 30.0. The Hall–Kier alpha value is -3.97. The Kier molecular flexibility index (Phi) is 8.91. The summed E-state index contributed by atoms with van der Waals surface area (Å²) in [7, 11) is 3.10. The maximum atomic E-state index is 13.8. The molecular weight excluding hydrogens is 520 g/mol. The van der Waals surface area contributed by atoms with E-state index in [2.05, 4.69) is 20.7 Å². The van der Waals surface area contributed by atoms with Crippen LogP contribution in [-0.2, 0) is 25.6 Å². The van der Waals surface area contributed by atoms with Gasteiger partial charge in [-0.05, 0) is 61.2 Å². The lowest BCUT2D eigenvalue weighted by Crippen LogP contribution is -2.48. The van der Waals surface area contributed by atoms with Gasteiger partial charge in [-0.1, -0.05) is 0 Å². The van der Waals surface area contributed by atoms with Crippen molar-refractivity contribution in [1.29, 1.82) is 0 Å². The molecule has 214 valence electrons. The molecule has 1 N–H and O–H groups in total. The van der Waals surface area contributed by atoms with Crippen molar-refractivity contribution in [2.45, 2.75) is 50.5 Å². The summed E-state index contributed by atoms with van der Waals surface area (Å²) in [6.45, 7) is 1.64. The van der Waals surface area contributed by atoms with Gasteiger partial charge in [-0.15, -0.1) is 10.2 Å². The number of nitrogens with zero attached hydrogens (tertiary/aromatic N) is 5. The van der Waals surface area contributed by atoms with E-state index in [1.807, 2.05) is 0 Å². The second kappa shape index (κ2) is 12.9. The lowest BCUT2D eigenvalue weighted by molar-refractivity contribution is -0.144. The first-order chi connectivity index (χ1) is 19.6. The van der Waals surface area contributed by atoms with E-state index in [1.54, 1.807) is 44.6 Å². The van der Waals surface area contributed by atoms with Crippen LogP contribution in [0.1, 0.15) is 37.5 Å². The number of aromatic nitrogens is 4. The minimum Gasteiger partial charge on any atom is -0.493 e. The zero-order chi connectivity index (χ0) is 27.9. The molecule has 5 rings (SSSR count). The Morgan fingerprint density at radius 1 is 1.10 bits per heavy atom. The molecule has 2 aliphatic rings. The number of nitrogens with one attached hydrogen (secondary N) is 1. The average molecular weight is 555 g/mol. The third-order valence-corrected chi connectivity index (χ3v) is 7.02. The van der Waals surface area contributed by atoms with Gasteiger partial charge in [0.2, 0.25) is 11.7 Å². The molecular formula is C27H34N6O7. The fourth-order valence-electron chi connectivity index (χ4n) is 4.96. The normalized spacial score (nSPS) is 19.4. The van der Waals surface area contributed by atoms with Gasteiger partial charge in [0.15, 0.2) is 17.5 Å². The van der Waals surface area contributed by atoms with Gasteiger partial charge in [-0.3, -0.25) is 9.59 Å². The van der Waals surface area contributed by atoms with E-state index in [4.69, 9.17) is 23.4 Å². The van der Waals surface area contributed by atoms with Crippen molar-refractivity contribution >= 4 is 11.8 Å². The highest BCUT2D eigenvalue weighted by Crippen LogP contribution is 2.31. The molecule has 2 aromatic heterocycles. The Morgan fingerprint density at radius 2 is 1.88 bits per heavy atom. The van der Waals surface area contributed by atoms with E-state index in [-0.39, 0.29) is 37.1 Å². The van der Waals surface area contributed by atoms with E-state index in [1.165, 1.54) is 16.0 Å². The number of hydrogen-bond donors (Lipinski definition) is 1. The predicted octanol–water partition coefficient (Wildman–Crippen LogP) is 1.99. The molecule has 2 fully saturated rings. The van der Waals surface area contributed by atoms with Crippen LogP contribution in [0.3, 0.4) is 0 Å². The van der Waals surface area contributed by atoms with Gasteiger partial charge in [0.05, 0.1) is 32.7 Å². The van der Waals surface area contributed by atoms with E-state index >= 15 is 0 Å². The first kappa shape index (κ1) is 27.6. The number of hydrogen-bond acceptors (Lipinski definition) is 10. The fourth-order valence-corrected chi connectivity index (χ4v) is 4.96. The summed E-state index contributed by atoms with van der Waals surface area (Å²) in [5, 5.41) is 15.6. The van der Waals surface area contributed by atoms with Crippen molar-refractivity contribution < 1.29 is 33.0 Å². The highest BCUT2D eigenvalue weighted by atomic mass is 16.5. The zero-order valence-corrected chi connectivity index (χ0v) is 22.7. The van der Waals surface area contributed by atoms with Crippen LogP contribution in [0.2, 0.25) is 0 Å². The van der Waals surface area contributed by atoms with Gasteiger partial charge in [-0.2, -0.15) is 4.80 Å². The van der Waals surface area contributed by atoms with Gasteiger partial charge >= 0.3 is 0 Å². The number of amides is 2. The van der Waals surface area contributed by atoms with Crippen molar-refractivity contribution in [3.8, 4) is 22.9 Å². The number of methoxy groups -OCH3 is 2. The molecule has 3 atom stereocenters. The SMILES string of the molecule is COc1ccc(-c2nnn(CC(=O)N(C[C@@H]3CCCO3)[C@@H](C(=O)NC[C@@H]3CCCO3)c3ccco3)n2)cc1OC. The lowest BCUT2D eigenvalue weighted by atomic mass is 10.1. The summed E-state index contributed by atoms with van der Waals surface area (Å²) < 4.78 is 27.8. The van der Waals surface area contributed by atoms with E-state index in [0.29, 0.717) is 48.4 Å². The predicted molar refractivity (Wildman–Crippen MR) is 140 cm³/mol. The number of tetrazole rings is 1. The first-order valence-corrected chi connectivity index (χ1v) is 13.4. The molecule has 1 aromatic carbocycles. The van der Waals surface area contributed by atoms with Crippen LogP contribution < -0.4 is 14.8 Å². The second-order valence-corrected chi connectivity index (χ2v) is 9.69. The molecule has 0 saturated carbocycles. The maximum absolute atomic E-state index is 13.8. The number of carbonyl (C=O) groups excluding carboxylic acids is 2. The second-order valence-electron chi connectivity index (χ2n) is 9.69. The summed E-state index contributed by atoms with van der Waals surface area (Å²) in [6.07, 6.45) is 4.77. The topological polar surface area (TPSA) is 143 Å². The molecule has 2 aliphatic heterocycles. The quantitative estimate of drug-likeness (QED) is 0.353. The molecule has 3 aromatic rings. The highest BCUT2D eigenvalue weighted by molar-refractivity contribution is 5.88. The van der Waals surface area contributed by atoms with Crippen molar-refractivity contribution in [3.63, 3.8) is 0 Å². The lowest BCUT2D eigenvalue weighted by Gasteiger charge is -2.31. The molecule has 0 aliphatic carbocycles. The van der Waals surface area contributed by atoms with Gasteiger partial charge in [0.25, 0.3) is 5.91 Å². The molecule has 2 saturated heterocycles. The number of furan rings is 1. The van der Waals surface area contributed by atoms with Crippen LogP contribution in [0.5, 0.6) is 11.5 Å². The smallest absolute Gasteiger partial charge is 0.250 e. The fraction of sp³-hybridized carbons (Fsp3) is 0.519. The molecule has 4 heterocycles. The zero-order valence-electron chi connectivity index (χ0n) is 22.7. The van der Waals surface area contributed by atoms with Gasteiger partial charge < -0.3 is 33.6 Å². The Morgan fingerprint density at radius 3 is 2.55 bits per heavy atom. The van der Waals surface area contributed by atoms with E-state index in [0.717, 1.165) is 25.7 Å². The monoisotopic (exact) mass is 554 g/mol. The van der Waals surface area contributed by atoms with Crippen molar-refractivity contribution in [2.24, 2.45) is 0 Å². The highest BCUT2D eigenvalue weighted by Gasteiger charge is 2.36. The number of carbonyl (C=O) groups is 2. The third-order valence-electron chi connectivity index (χ3n) is 7.02. The maximum Gasteiger partial charge on any atom is 0.250 e. The van der Waals surface area contributed by atoms with E-state index in [9.17, 15) is 9.59 Å². The molecule has 2 amide bonds. The van der Waals surface area contributed by atoms with Crippen LogP contribution in [0.4, 0.5) is 0 Å². The number of benzene rings is 1. The minimum absolute atomic E-state index is 0.0436. The van der Waals surface area contributed by atoms with Crippen molar-refractivity contribution in [1.82, 2.24) is 30.4 Å². The molecule has 40 heavy (non-hydrogen) atoms. The van der Waals surface area contributed by atoms with Crippen molar-refractivity contribution in [2.75, 3.05) is 40.5 Å². The van der Waals surface area contributed by atoms with Gasteiger partial charge in [0.1, 0.15) is 12.3 Å². The number of rotatable bonds is 12. The van der Waals surface area contributed by atoms with Gasteiger partial charge in [-0.25, -0.2) is 0 Å². The van der Waals surface area contributed by atoms with Crippen LogP contribution in [0.25, 0.3) is 11.4 Å². The summed E-state index contributed by atoms with van der Waals surface area (Å²) >= 11 is 0. The molecule has 13 nitrogen and oxygen atoms in total. The molecule has 0 unspecified atom stereocenters. The summed E-state index contributed by atoms with van der Waals surface area (Å²) in [5.74, 6) is 1.03. The third kappa shape index (κ3) is 6.42. The van der Waals surface area contributed by atoms with Crippen LogP contribution in [0.15, 0.2) is 41.0 Å². The average Bonchev–Trinajstić information content (AvgIpc) is 3.80. The summed E-state index contributed by atoms with van der Waals surface area (Å²) in [5.41, 5.74) is 0.648. The Bertz CT molecular complexity index is 1270. The van der Waals surface area contributed by atoms with E-state index < -0.39 is 6.04 Å². The van der Waals surface area contributed by atoms with Crippen LogP contribution >= 0.6 is 0 Å². The molecule has 0 radical (unpaired) electrons.